The molecule has 0 aromatic heterocycles. The summed E-state index contributed by atoms with van der Waals surface area (Å²) in [6, 6.07) is 3.56. The topological polar surface area (TPSA) is 95.9 Å². The Morgan fingerprint density at radius 3 is 2.39 bits per heavy atom. The maximum Gasteiger partial charge on any atom is 0.307 e. The van der Waals surface area contributed by atoms with E-state index in [4.69, 9.17) is 4.74 Å². The number of hydrogen-bond donors (Lipinski definition) is 3. The lowest BCUT2D eigenvalue weighted by Gasteiger charge is -2.06. The van der Waals surface area contributed by atoms with Gasteiger partial charge < -0.3 is 20.3 Å². The summed E-state index contributed by atoms with van der Waals surface area (Å²) in [6.45, 7) is 2.13. The van der Waals surface area contributed by atoms with Gasteiger partial charge in [0, 0.05) is 18.2 Å². The van der Waals surface area contributed by atoms with E-state index < -0.39 is 11.9 Å². The minimum absolute atomic E-state index is 0.0738. The molecule has 0 saturated heterocycles. The van der Waals surface area contributed by atoms with Gasteiger partial charge in [-0.1, -0.05) is 0 Å². The standard InChI is InChI=1S/C12H15NO5/c1-2-18-11(16)3-4-13-12(17)8-5-9(14)7-10(15)6-8/h5-7,14-15H,2-4H2,1H3,(H,13,17). The lowest BCUT2D eigenvalue weighted by atomic mass is 10.2. The Morgan fingerprint density at radius 2 is 1.83 bits per heavy atom. The first-order chi connectivity index (χ1) is 8.52. The molecule has 0 aliphatic carbocycles. The molecule has 0 heterocycles. The summed E-state index contributed by atoms with van der Waals surface area (Å²) >= 11 is 0. The lowest BCUT2D eigenvalue weighted by molar-refractivity contribution is -0.142. The fourth-order valence-corrected chi connectivity index (χ4v) is 1.34. The third kappa shape index (κ3) is 4.32. The molecule has 1 amide bonds. The normalized spacial score (nSPS) is 9.83. The minimum Gasteiger partial charge on any atom is -0.508 e. The average molecular weight is 253 g/mol. The molecule has 98 valence electrons. The van der Waals surface area contributed by atoms with Gasteiger partial charge in [-0.15, -0.1) is 0 Å². The summed E-state index contributed by atoms with van der Waals surface area (Å²) in [5.41, 5.74) is 0.122. The molecule has 0 fully saturated rings. The van der Waals surface area contributed by atoms with Crippen molar-refractivity contribution in [3.8, 4) is 11.5 Å². The van der Waals surface area contributed by atoms with Gasteiger partial charge in [0.1, 0.15) is 11.5 Å². The Kier molecular flexibility index (Phi) is 4.98. The van der Waals surface area contributed by atoms with Crippen LogP contribution in [0.2, 0.25) is 0 Å². The highest BCUT2D eigenvalue weighted by Crippen LogP contribution is 2.20. The van der Waals surface area contributed by atoms with Crippen LogP contribution in [0.1, 0.15) is 23.7 Å². The van der Waals surface area contributed by atoms with Crippen molar-refractivity contribution in [1.82, 2.24) is 5.32 Å². The van der Waals surface area contributed by atoms with Crippen molar-refractivity contribution in [3.05, 3.63) is 23.8 Å². The van der Waals surface area contributed by atoms with Crippen molar-refractivity contribution >= 4 is 11.9 Å². The molecule has 0 unspecified atom stereocenters. The molecule has 0 spiro atoms. The van der Waals surface area contributed by atoms with Crippen LogP contribution >= 0.6 is 0 Å². The number of phenolic OH excluding ortho intramolecular Hbond substituents is 2. The van der Waals surface area contributed by atoms with E-state index in [2.05, 4.69) is 5.32 Å². The van der Waals surface area contributed by atoms with Gasteiger partial charge in [0.05, 0.1) is 13.0 Å². The second-order valence-electron chi connectivity index (χ2n) is 3.55. The fourth-order valence-electron chi connectivity index (χ4n) is 1.34. The highest BCUT2D eigenvalue weighted by Gasteiger charge is 2.09. The third-order valence-corrected chi connectivity index (χ3v) is 2.08. The highest BCUT2D eigenvalue weighted by atomic mass is 16.5. The van der Waals surface area contributed by atoms with E-state index in [9.17, 15) is 19.8 Å². The van der Waals surface area contributed by atoms with E-state index in [1.54, 1.807) is 6.92 Å². The van der Waals surface area contributed by atoms with Crippen LogP contribution in [0, 0.1) is 0 Å². The monoisotopic (exact) mass is 253 g/mol. The van der Waals surface area contributed by atoms with Crippen LogP contribution in [0.25, 0.3) is 0 Å². The van der Waals surface area contributed by atoms with E-state index in [1.165, 1.54) is 12.1 Å². The molecule has 6 heteroatoms. The van der Waals surface area contributed by atoms with Crippen LogP contribution in [-0.4, -0.2) is 35.2 Å². The molecule has 0 radical (unpaired) electrons. The van der Waals surface area contributed by atoms with Gasteiger partial charge in [0.15, 0.2) is 0 Å². The van der Waals surface area contributed by atoms with Crippen molar-refractivity contribution in [1.29, 1.82) is 0 Å². The van der Waals surface area contributed by atoms with Crippen LogP contribution in [0.5, 0.6) is 11.5 Å². The number of nitrogens with one attached hydrogen (secondary N) is 1. The number of aromatic hydroxyl groups is 2. The van der Waals surface area contributed by atoms with Gasteiger partial charge in [0.2, 0.25) is 0 Å². The summed E-state index contributed by atoms with van der Waals surface area (Å²) < 4.78 is 4.70. The quantitative estimate of drug-likeness (QED) is 0.674. The Morgan fingerprint density at radius 1 is 1.22 bits per heavy atom. The molecule has 18 heavy (non-hydrogen) atoms. The SMILES string of the molecule is CCOC(=O)CCNC(=O)c1cc(O)cc(O)c1. The van der Waals surface area contributed by atoms with Gasteiger partial charge in [0.25, 0.3) is 5.91 Å². The number of phenols is 2. The van der Waals surface area contributed by atoms with Gasteiger partial charge in [-0.3, -0.25) is 9.59 Å². The van der Waals surface area contributed by atoms with Crippen molar-refractivity contribution in [2.45, 2.75) is 13.3 Å². The number of benzene rings is 1. The molecule has 0 aliphatic heterocycles. The largest absolute Gasteiger partial charge is 0.508 e. The predicted octanol–water partition coefficient (Wildman–Crippen LogP) is 0.781. The summed E-state index contributed by atoms with van der Waals surface area (Å²) in [6.07, 6.45) is 0.0738. The maximum atomic E-state index is 11.6. The van der Waals surface area contributed by atoms with Crippen LogP contribution < -0.4 is 5.32 Å². The maximum absolute atomic E-state index is 11.6. The van der Waals surface area contributed by atoms with Crippen molar-refractivity contribution in [3.63, 3.8) is 0 Å². The van der Waals surface area contributed by atoms with Crippen molar-refractivity contribution < 1.29 is 24.5 Å². The first-order valence-corrected chi connectivity index (χ1v) is 5.49. The van der Waals surface area contributed by atoms with Gasteiger partial charge in [-0.25, -0.2) is 0 Å². The summed E-state index contributed by atoms with van der Waals surface area (Å²) in [7, 11) is 0. The minimum atomic E-state index is -0.481. The Labute approximate surface area is 104 Å². The number of carbonyl (C=O) groups excluding carboxylic acids is 2. The molecule has 0 atom stereocenters. The number of amides is 1. The summed E-state index contributed by atoms with van der Waals surface area (Å²) in [5, 5.41) is 20.9. The van der Waals surface area contributed by atoms with E-state index in [0.29, 0.717) is 6.61 Å². The molecule has 6 nitrogen and oxygen atoms in total. The second kappa shape index (κ2) is 6.48. The Balaban J connectivity index is 2.48. The van der Waals surface area contributed by atoms with Crippen LogP contribution in [-0.2, 0) is 9.53 Å². The molecular weight excluding hydrogens is 238 g/mol. The van der Waals surface area contributed by atoms with E-state index in [1.807, 2.05) is 0 Å². The van der Waals surface area contributed by atoms with Gasteiger partial charge in [-0.2, -0.15) is 0 Å². The summed E-state index contributed by atoms with van der Waals surface area (Å²) in [5.74, 6) is -1.28. The smallest absolute Gasteiger partial charge is 0.307 e. The number of hydrogen-bond acceptors (Lipinski definition) is 5. The average Bonchev–Trinajstić information content (AvgIpc) is 2.27. The molecule has 1 aromatic carbocycles. The number of carbonyl (C=O) groups is 2. The van der Waals surface area contributed by atoms with Gasteiger partial charge in [-0.05, 0) is 19.1 Å². The summed E-state index contributed by atoms with van der Waals surface area (Å²) in [4.78, 5) is 22.6. The zero-order valence-electron chi connectivity index (χ0n) is 9.97. The van der Waals surface area contributed by atoms with Crippen molar-refractivity contribution in [2.24, 2.45) is 0 Å². The van der Waals surface area contributed by atoms with E-state index in [0.717, 1.165) is 6.07 Å². The van der Waals surface area contributed by atoms with Crippen molar-refractivity contribution in [2.75, 3.05) is 13.2 Å². The molecule has 0 bridgehead atoms. The number of rotatable bonds is 5. The van der Waals surface area contributed by atoms with Crippen LogP contribution in [0.4, 0.5) is 0 Å². The van der Waals surface area contributed by atoms with Crippen LogP contribution in [0.3, 0.4) is 0 Å². The third-order valence-electron chi connectivity index (χ3n) is 2.08. The number of esters is 1. The van der Waals surface area contributed by atoms with E-state index in [-0.39, 0.29) is 30.0 Å². The first kappa shape index (κ1) is 13.8. The Bertz CT molecular complexity index is 424. The van der Waals surface area contributed by atoms with Gasteiger partial charge >= 0.3 is 5.97 Å². The predicted molar refractivity (Wildman–Crippen MR) is 63.4 cm³/mol. The lowest BCUT2D eigenvalue weighted by Crippen LogP contribution is -2.26. The zero-order chi connectivity index (χ0) is 13.5. The highest BCUT2D eigenvalue weighted by molar-refractivity contribution is 5.95. The van der Waals surface area contributed by atoms with Crippen LogP contribution in [0.15, 0.2) is 18.2 Å². The number of ether oxygens (including phenoxy) is 1. The molecule has 1 rings (SSSR count). The molecule has 1 aromatic rings. The molecule has 0 aliphatic rings. The Hall–Kier alpha value is -2.24. The molecule has 0 saturated carbocycles. The fraction of sp³-hybridized carbons (Fsp3) is 0.333. The first-order valence-electron chi connectivity index (χ1n) is 5.49. The van der Waals surface area contributed by atoms with E-state index >= 15 is 0 Å². The molecule has 3 N–H and O–H groups in total. The molecular formula is C12H15NO5. The zero-order valence-corrected chi connectivity index (χ0v) is 9.97. The second-order valence-corrected chi connectivity index (χ2v) is 3.55.